The van der Waals surface area contributed by atoms with Crippen molar-refractivity contribution < 1.29 is 28.5 Å². The van der Waals surface area contributed by atoms with E-state index in [1.165, 1.54) is 0 Å². The van der Waals surface area contributed by atoms with E-state index in [0.29, 0.717) is 48.6 Å². The standard InChI is InChI=1S/C23H28ClNO6/c1-15-9-17(5-6-19(15)24)31-14-18-13-25(7-8-30-18)22(26)12-16-10-20(27-2)23(29-4)21(11-16)28-3/h5-6,9-11,18H,7-8,12-14H2,1-4H3. The zero-order valence-electron chi connectivity index (χ0n) is 18.3. The molecule has 0 N–H and O–H groups in total. The number of carbonyl (C=O) groups is 1. The van der Waals surface area contributed by atoms with Crippen LogP contribution in [0, 0.1) is 6.92 Å². The van der Waals surface area contributed by atoms with Gasteiger partial charge < -0.3 is 28.6 Å². The summed E-state index contributed by atoms with van der Waals surface area (Å²) < 4.78 is 27.7. The molecular weight excluding hydrogens is 422 g/mol. The number of hydrogen-bond acceptors (Lipinski definition) is 6. The van der Waals surface area contributed by atoms with Gasteiger partial charge in [-0.25, -0.2) is 0 Å². The van der Waals surface area contributed by atoms with Gasteiger partial charge in [-0.1, -0.05) is 11.6 Å². The van der Waals surface area contributed by atoms with E-state index in [4.69, 9.17) is 35.3 Å². The van der Waals surface area contributed by atoms with E-state index in [-0.39, 0.29) is 18.4 Å². The Morgan fingerprint density at radius 1 is 1.13 bits per heavy atom. The molecule has 1 heterocycles. The van der Waals surface area contributed by atoms with E-state index in [1.54, 1.807) is 44.4 Å². The topological polar surface area (TPSA) is 66.5 Å². The Kier molecular flexibility index (Phi) is 7.87. The summed E-state index contributed by atoms with van der Waals surface area (Å²) in [5.41, 5.74) is 1.74. The first-order valence-electron chi connectivity index (χ1n) is 10.0. The van der Waals surface area contributed by atoms with Crippen LogP contribution in [0.4, 0.5) is 0 Å². The fraction of sp³-hybridized carbons (Fsp3) is 0.435. The predicted octanol–water partition coefficient (Wildman–Crippen LogP) is 3.52. The normalized spacial score (nSPS) is 16.0. The molecule has 0 saturated carbocycles. The van der Waals surface area contributed by atoms with Crippen molar-refractivity contribution in [2.75, 3.05) is 47.6 Å². The summed E-state index contributed by atoms with van der Waals surface area (Å²) >= 11 is 6.06. The van der Waals surface area contributed by atoms with E-state index in [2.05, 4.69) is 0 Å². The maximum atomic E-state index is 12.9. The largest absolute Gasteiger partial charge is 0.493 e. The highest BCUT2D eigenvalue weighted by atomic mass is 35.5. The number of amides is 1. The molecule has 1 aliphatic rings. The molecule has 1 saturated heterocycles. The minimum Gasteiger partial charge on any atom is -0.493 e. The summed E-state index contributed by atoms with van der Waals surface area (Å²) in [5, 5.41) is 0.699. The molecule has 1 amide bonds. The van der Waals surface area contributed by atoms with E-state index in [0.717, 1.165) is 16.9 Å². The van der Waals surface area contributed by atoms with Crippen LogP contribution in [0.2, 0.25) is 5.02 Å². The van der Waals surface area contributed by atoms with Gasteiger partial charge in [0.15, 0.2) is 11.5 Å². The van der Waals surface area contributed by atoms with Gasteiger partial charge in [-0.05, 0) is 48.4 Å². The Morgan fingerprint density at radius 2 is 1.84 bits per heavy atom. The summed E-state index contributed by atoms with van der Waals surface area (Å²) in [5.74, 6) is 2.28. The van der Waals surface area contributed by atoms with Crippen molar-refractivity contribution in [2.45, 2.75) is 19.4 Å². The lowest BCUT2D eigenvalue weighted by atomic mass is 10.1. The summed E-state index contributed by atoms with van der Waals surface area (Å²) in [4.78, 5) is 14.7. The average Bonchev–Trinajstić information content (AvgIpc) is 2.79. The van der Waals surface area contributed by atoms with Crippen LogP contribution in [0.5, 0.6) is 23.0 Å². The number of benzene rings is 2. The van der Waals surface area contributed by atoms with Crippen molar-refractivity contribution >= 4 is 17.5 Å². The number of carbonyl (C=O) groups excluding carboxylic acids is 1. The predicted molar refractivity (Wildman–Crippen MR) is 118 cm³/mol. The second-order valence-electron chi connectivity index (χ2n) is 7.26. The van der Waals surface area contributed by atoms with Crippen LogP contribution in [0.1, 0.15) is 11.1 Å². The number of ether oxygens (including phenoxy) is 5. The minimum atomic E-state index is -0.200. The van der Waals surface area contributed by atoms with Crippen LogP contribution in [0.3, 0.4) is 0 Å². The molecule has 1 fully saturated rings. The molecule has 1 aliphatic heterocycles. The highest BCUT2D eigenvalue weighted by Crippen LogP contribution is 2.38. The van der Waals surface area contributed by atoms with Crippen LogP contribution in [0.15, 0.2) is 30.3 Å². The van der Waals surface area contributed by atoms with Crippen LogP contribution in [-0.2, 0) is 16.0 Å². The number of hydrogen-bond donors (Lipinski definition) is 0. The molecule has 2 aromatic carbocycles. The number of rotatable bonds is 8. The maximum absolute atomic E-state index is 12.9. The monoisotopic (exact) mass is 449 g/mol. The second kappa shape index (κ2) is 10.6. The third kappa shape index (κ3) is 5.74. The number of aryl methyl sites for hydroxylation is 1. The highest BCUT2D eigenvalue weighted by Gasteiger charge is 2.25. The maximum Gasteiger partial charge on any atom is 0.227 e. The van der Waals surface area contributed by atoms with Gasteiger partial charge >= 0.3 is 0 Å². The molecular formula is C23H28ClNO6. The summed E-state index contributed by atoms with van der Waals surface area (Å²) in [7, 11) is 4.65. The summed E-state index contributed by atoms with van der Waals surface area (Å²) in [6.45, 7) is 3.76. The van der Waals surface area contributed by atoms with Crippen LogP contribution < -0.4 is 18.9 Å². The lowest BCUT2D eigenvalue weighted by molar-refractivity contribution is -0.139. The molecule has 0 radical (unpaired) electrons. The molecule has 3 rings (SSSR count). The second-order valence-corrected chi connectivity index (χ2v) is 7.67. The Morgan fingerprint density at radius 3 is 2.45 bits per heavy atom. The smallest absolute Gasteiger partial charge is 0.227 e. The van der Waals surface area contributed by atoms with E-state index in [9.17, 15) is 4.79 Å². The molecule has 1 unspecified atom stereocenters. The number of halogens is 1. The molecule has 0 bridgehead atoms. The van der Waals surface area contributed by atoms with Crippen molar-refractivity contribution in [1.29, 1.82) is 0 Å². The van der Waals surface area contributed by atoms with Crippen molar-refractivity contribution in [3.63, 3.8) is 0 Å². The van der Waals surface area contributed by atoms with Gasteiger partial charge in [-0.3, -0.25) is 4.79 Å². The first-order chi connectivity index (χ1) is 14.9. The molecule has 168 valence electrons. The molecule has 0 aromatic heterocycles. The lowest BCUT2D eigenvalue weighted by Crippen LogP contribution is -2.48. The lowest BCUT2D eigenvalue weighted by Gasteiger charge is -2.33. The molecule has 31 heavy (non-hydrogen) atoms. The van der Waals surface area contributed by atoms with Crippen LogP contribution in [0.25, 0.3) is 0 Å². The molecule has 7 nitrogen and oxygen atoms in total. The Labute approximate surface area is 187 Å². The van der Waals surface area contributed by atoms with Gasteiger partial charge in [0.25, 0.3) is 0 Å². The fourth-order valence-electron chi connectivity index (χ4n) is 3.47. The quantitative estimate of drug-likeness (QED) is 0.614. The Bertz CT molecular complexity index is 894. The zero-order valence-corrected chi connectivity index (χ0v) is 19.0. The summed E-state index contributed by atoms with van der Waals surface area (Å²) in [6.07, 6.45) is 0.0225. The summed E-state index contributed by atoms with van der Waals surface area (Å²) in [6, 6.07) is 9.11. The van der Waals surface area contributed by atoms with Gasteiger partial charge in [0.2, 0.25) is 11.7 Å². The SMILES string of the molecule is COc1cc(CC(=O)N2CCOC(COc3ccc(Cl)c(C)c3)C2)cc(OC)c1OC. The van der Waals surface area contributed by atoms with Crippen molar-refractivity contribution in [2.24, 2.45) is 0 Å². The Hall–Kier alpha value is -2.64. The minimum absolute atomic E-state index is 0.00455. The molecule has 1 atom stereocenters. The third-order valence-corrected chi connectivity index (χ3v) is 5.56. The van der Waals surface area contributed by atoms with Crippen molar-refractivity contribution in [3.8, 4) is 23.0 Å². The molecule has 0 spiro atoms. The molecule has 0 aliphatic carbocycles. The number of methoxy groups -OCH3 is 3. The fourth-order valence-corrected chi connectivity index (χ4v) is 3.58. The van der Waals surface area contributed by atoms with E-state index in [1.807, 2.05) is 19.1 Å². The van der Waals surface area contributed by atoms with Crippen LogP contribution in [-0.4, -0.2) is 64.5 Å². The molecule has 2 aromatic rings. The number of morpholine rings is 1. The van der Waals surface area contributed by atoms with Gasteiger partial charge in [-0.15, -0.1) is 0 Å². The van der Waals surface area contributed by atoms with Gasteiger partial charge in [0, 0.05) is 11.6 Å². The number of nitrogens with zero attached hydrogens (tertiary/aromatic N) is 1. The van der Waals surface area contributed by atoms with E-state index >= 15 is 0 Å². The van der Waals surface area contributed by atoms with Gasteiger partial charge in [0.1, 0.15) is 18.5 Å². The average molecular weight is 450 g/mol. The third-order valence-electron chi connectivity index (χ3n) is 5.14. The first-order valence-corrected chi connectivity index (χ1v) is 10.4. The molecule has 8 heteroatoms. The highest BCUT2D eigenvalue weighted by molar-refractivity contribution is 6.31. The van der Waals surface area contributed by atoms with Gasteiger partial charge in [-0.2, -0.15) is 0 Å². The first kappa shape index (κ1) is 23.0. The Balaban J connectivity index is 1.61. The van der Waals surface area contributed by atoms with Crippen molar-refractivity contribution in [1.82, 2.24) is 4.90 Å². The van der Waals surface area contributed by atoms with Gasteiger partial charge in [0.05, 0.1) is 40.9 Å². The van der Waals surface area contributed by atoms with E-state index < -0.39 is 0 Å². The van der Waals surface area contributed by atoms with Crippen LogP contribution >= 0.6 is 11.6 Å². The zero-order chi connectivity index (χ0) is 22.4. The van der Waals surface area contributed by atoms with Crippen molar-refractivity contribution in [3.05, 3.63) is 46.5 Å².